The Balaban J connectivity index is 2.69. The molecule has 0 spiro atoms. The Labute approximate surface area is 89.0 Å². The average molecular weight is 206 g/mol. The number of ether oxygens (including phenoxy) is 1. The van der Waals surface area contributed by atoms with E-state index < -0.39 is 5.97 Å². The molecule has 1 aromatic rings. The molecule has 0 unspecified atom stereocenters. The first kappa shape index (κ1) is 11.3. The van der Waals surface area contributed by atoms with Gasteiger partial charge in [-0.1, -0.05) is 17.7 Å². The van der Waals surface area contributed by atoms with Crippen LogP contribution in [0.1, 0.15) is 12.5 Å². The topological polar surface area (TPSA) is 46.5 Å². The molecule has 0 saturated heterocycles. The van der Waals surface area contributed by atoms with Crippen molar-refractivity contribution in [2.24, 2.45) is 0 Å². The van der Waals surface area contributed by atoms with Crippen LogP contribution in [0.4, 0.5) is 0 Å². The highest BCUT2D eigenvalue weighted by atomic mass is 16.5. The van der Waals surface area contributed by atoms with Gasteiger partial charge in [0.2, 0.25) is 0 Å². The minimum atomic E-state index is -0.902. The van der Waals surface area contributed by atoms with E-state index in [0.29, 0.717) is 6.42 Å². The summed E-state index contributed by atoms with van der Waals surface area (Å²) in [6, 6.07) is 7.59. The van der Waals surface area contributed by atoms with E-state index in [4.69, 9.17) is 9.84 Å². The summed E-state index contributed by atoms with van der Waals surface area (Å²) in [6.45, 7) is 1.80. The van der Waals surface area contributed by atoms with E-state index in [0.717, 1.165) is 16.9 Å². The highest BCUT2D eigenvalue weighted by Gasteiger charge is 1.98. The number of rotatable bonds is 4. The minimum Gasteiger partial charge on any atom is -0.497 e. The molecule has 0 aromatic heterocycles. The Hall–Kier alpha value is -1.77. The van der Waals surface area contributed by atoms with Gasteiger partial charge in [-0.25, -0.2) is 4.79 Å². The summed E-state index contributed by atoms with van der Waals surface area (Å²) in [5, 5.41) is 8.55. The first-order valence-corrected chi connectivity index (χ1v) is 4.65. The van der Waals surface area contributed by atoms with Crippen molar-refractivity contribution >= 4 is 5.97 Å². The third kappa shape index (κ3) is 3.85. The fourth-order valence-electron chi connectivity index (χ4n) is 1.33. The summed E-state index contributed by atoms with van der Waals surface area (Å²) >= 11 is 0. The van der Waals surface area contributed by atoms with Crippen LogP contribution in [0.3, 0.4) is 0 Å². The maximum atomic E-state index is 10.4. The van der Waals surface area contributed by atoms with Gasteiger partial charge in [-0.2, -0.15) is 0 Å². The molecular weight excluding hydrogens is 192 g/mol. The summed E-state index contributed by atoms with van der Waals surface area (Å²) in [6.07, 6.45) is 1.88. The Kier molecular flexibility index (Phi) is 3.92. The van der Waals surface area contributed by atoms with Crippen molar-refractivity contribution in [2.45, 2.75) is 13.3 Å². The number of hydrogen-bond acceptors (Lipinski definition) is 2. The van der Waals surface area contributed by atoms with Gasteiger partial charge >= 0.3 is 5.97 Å². The maximum absolute atomic E-state index is 10.4. The van der Waals surface area contributed by atoms with Crippen molar-refractivity contribution in [1.82, 2.24) is 0 Å². The fourth-order valence-corrected chi connectivity index (χ4v) is 1.33. The molecule has 80 valence electrons. The van der Waals surface area contributed by atoms with Gasteiger partial charge in [0.15, 0.2) is 0 Å². The lowest BCUT2D eigenvalue weighted by Crippen LogP contribution is -1.93. The standard InChI is InChI=1S/C12H14O3/c1-9(8-12(13)14)7-10-3-5-11(15-2)6-4-10/h3-6,8H,7H2,1-2H3,(H,13,14). The third-order valence-corrected chi connectivity index (χ3v) is 2.01. The van der Waals surface area contributed by atoms with Gasteiger partial charge in [0.25, 0.3) is 0 Å². The molecule has 1 aromatic carbocycles. The second kappa shape index (κ2) is 5.20. The summed E-state index contributed by atoms with van der Waals surface area (Å²) in [5.41, 5.74) is 1.90. The van der Waals surface area contributed by atoms with Gasteiger partial charge in [-0.15, -0.1) is 0 Å². The van der Waals surface area contributed by atoms with Crippen LogP contribution < -0.4 is 4.74 Å². The number of aliphatic carboxylic acids is 1. The predicted octanol–water partition coefficient (Wildman–Crippen LogP) is 2.27. The van der Waals surface area contributed by atoms with E-state index in [9.17, 15) is 4.79 Å². The van der Waals surface area contributed by atoms with Crippen molar-refractivity contribution in [3.8, 4) is 5.75 Å². The highest BCUT2D eigenvalue weighted by Crippen LogP contribution is 2.14. The van der Waals surface area contributed by atoms with Crippen LogP contribution in [-0.4, -0.2) is 18.2 Å². The zero-order valence-corrected chi connectivity index (χ0v) is 8.86. The van der Waals surface area contributed by atoms with Gasteiger partial charge in [0.1, 0.15) is 5.75 Å². The van der Waals surface area contributed by atoms with Crippen LogP contribution in [-0.2, 0) is 11.2 Å². The molecule has 3 nitrogen and oxygen atoms in total. The second-order valence-corrected chi connectivity index (χ2v) is 3.35. The van der Waals surface area contributed by atoms with E-state index in [1.807, 2.05) is 24.3 Å². The van der Waals surface area contributed by atoms with Gasteiger partial charge in [0.05, 0.1) is 7.11 Å². The Morgan fingerprint density at radius 3 is 2.47 bits per heavy atom. The van der Waals surface area contributed by atoms with Crippen molar-refractivity contribution in [1.29, 1.82) is 0 Å². The van der Waals surface area contributed by atoms with E-state index in [1.54, 1.807) is 14.0 Å². The smallest absolute Gasteiger partial charge is 0.328 e. The fraction of sp³-hybridized carbons (Fsp3) is 0.250. The van der Waals surface area contributed by atoms with E-state index in [2.05, 4.69) is 0 Å². The van der Waals surface area contributed by atoms with Gasteiger partial charge in [-0.3, -0.25) is 0 Å². The lowest BCUT2D eigenvalue weighted by atomic mass is 10.1. The molecule has 0 radical (unpaired) electrons. The lowest BCUT2D eigenvalue weighted by molar-refractivity contribution is -0.131. The molecule has 0 heterocycles. The molecule has 0 aliphatic rings. The first-order valence-electron chi connectivity index (χ1n) is 4.65. The van der Waals surface area contributed by atoms with E-state index >= 15 is 0 Å². The predicted molar refractivity (Wildman–Crippen MR) is 58.1 cm³/mol. The largest absolute Gasteiger partial charge is 0.497 e. The van der Waals surface area contributed by atoms with Gasteiger partial charge in [-0.05, 0) is 31.0 Å². The van der Waals surface area contributed by atoms with Crippen LogP contribution in [0.15, 0.2) is 35.9 Å². The maximum Gasteiger partial charge on any atom is 0.328 e. The van der Waals surface area contributed by atoms with Crippen LogP contribution in [0.5, 0.6) is 5.75 Å². The van der Waals surface area contributed by atoms with E-state index in [-0.39, 0.29) is 0 Å². The average Bonchev–Trinajstić information content (AvgIpc) is 2.17. The number of methoxy groups -OCH3 is 1. The quantitative estimate of drug-likeness (QED) is 0.769. The Bertz CT molecular complexity index is 363. The van der Waals surface area contributed by atoms with Gasteiger partial charge < -0.3 is 9.84 Å². The first-order chi connectivity index (χ1) is 7.11. The molecule has 0 bridgehead atoms. The van der Waals surface area contributed by atoms with Crippen molar-refractivity contribution in [3.63, 3.8) is 0 Å². The minimum absolute atomic E-state index is 0.649. The molecule has 0 aliphatic heterocycles. The number of carboxylic acid groups (broad SMARTS) is 1. The molecule has 1 N–H and O–H groups in total. The van der Waals surface area contributed by atoms with Crippen LogP contribution >= 0.6 is 0 Å². The third-order valence-electron chi connectivity index (χ3n) is 2.01. The van der Waals surface area contributed by atoms with Gasteiger partial charge in [0, 0.05) is 6.08 Å². The molecule has 0 amide bonds. The summed E-state index contributed by atoms with van der Waals surface area (Å²) in [5.74, 6) is -0.0976. The molecule has 0 aliphatic carbocycles. The number of carbonyl (C=O) groups is 1. The monoisotopic (exact) mass is 206 g/mol. The number of allylic oxidation sites excluding steroid dienone is 1. The SMILES string of the molecule is COc1ccc(CC(C)=CC(=O)O)cc1. The van der Waals surface area contributed by atoms with Crippen molar-refractivity contribution in [2.75, 3.05) is 7.11 Å². The van der Waals surface area contributed by atoms with Crippen molar-refractivity contribution < 1.29 is 14.6 Å². The second-order valence-electron chi connectivity index (χ2n) is 3.35. The zero-order chi connectivity index (χ0) is 11.3. The lowest BCUT2D eigenvalue weighted by Gasteiger charge is -2.03. The molecule has 0 atom stereocenters. The summed E-state index contributed by atoms with van der Waals surface area (Å²) in [4.78, 5) is 10.4. The molecule has 3 heteroatoms. The van der Waals surface area contributed by atoms with Crippen molar-refractivity contribution in [3.05, 3.63) is 41.5 Å². The zero-order valence-electron chi connectivity index (χ0n) is 8.86. The van der Waals surface area contributed by atoms with Crippen LogP contribution in [0.2, 0.25) is 0 Å². The Morgan fingerprint density at radius 1 is 1.40 bits per heavy atom. The molecule has 0 fully saturated rings. The molecule has 15 heavy (non-hydrogen) atoms. The Morgan fingerprint density at radius 2 is 2.00 bits per heavy atom. The normalized spacial score (nSPS) is 11.2. The molecule has 1 rings (SSSR count). The summed E-state index contributed by atoms with van der Waals surface area (Å²) < 4.78 is 5.03. The molecule has 0 saturated carbocycles. The summed E-state index contributed by atoms with van der Waals surface area (Å²) in [7, 11) is 1.62. The molecular formula is C12H14O3. The number of carboxylic acids is 1. The highest BCUT2D eigenvalue weighted by molar-refractivity contribution is 5.80. The van der Waals surface area contributed by atoms with E-state index in [1.165, 1.54) is 6.08 Å². The van der Waals surface area contributed by atoms with Crippen LogP contribution in [0, 0.1) is 0 Å². The number of benzene rings is 1. The number of hydrogen-bond donors (Lipinski definition) is 1. The van der Waals surface area contributed by atoms with Crippen LogP contribution in [0.25, 0.3) is 0 Å².